The number of methoxy groups -OCH3 is 3. The Morgan fingerprint density at radius 3 is 2.32 bits per heavy atom. The number of hydrogen-bond acceptors (Lipinski definition) is 6. The van der Waals surface area contributed by atoms with E-state index >= 15 is 0 Å². The first-order chi connectivity index (χ1) is 9.03. The monoisotopic (exact) mass is 269 g/mol. The minimum Gasteiger partial charge on any atom is -0.493 e. The van der Waals surface area contributed by atoms with Crippen molar-refractivity contribution in [1.82, 2.24) is 0 Å². The molecule has 0 saturated heterocycles. The van der Waals surface area contributed by atoms with E-state index in [1.807, 2.05) is 0 Å². The smallest absolute Gasteiger partial charge is 0.340 e. The summed E-state index contributed by atoms with van der Waals surface area (Å²) in [6.07, 6.45) is -0.176. The van der Waals surface area contributed by atoms with Gasteiger partial charge in [0.05, 0.1) is 31.6 Å². The molecule has 0 amide bonds. The number of hydrogen-bond donors (Lipinski definition) is 1. The maximum atomic E-state index is 11.9. The number of ether oxygens (including phenoxy) is 4. The van der Waals surface area contributed by atoms with Crippen molar-refractivity contribution in [3.8, 4) is 11.5 Å². The van der Waals surface area contributed by atoms with Gasteiger partial charge >= 0.3 is 5.97 Å². The second kappa shape index (κ2) is 6.84. The van der Waals surface area contributed by atoms with E-state index in [1.165, 1.54) is 26.4 Å². The highest BCUT2D eigenvalue weighted by molar-refractivity contribution is 5.96. The molecule has 0 bridgehead atoms. The molecule has 1 rings (SSSR count). The predicted molar refractivity (Wildman–Crippen MR) is 70.7 cm³/mol. The summed E-state index contributed by atoms with van der Waals surface area (Å²) in [5.74, 6) is 0.354. The molecule has 0 heterocycles. The minimum absolute atomic E-state index is 0.156. The molecule has 2 N–H and O–H groups in total. The van der Waals surface area contributed by atoms with Crippen molar-refractivity contribution in [2.45, 2.75) is 13.0 Å². The summed E-state index contributed by atoms with van der Waals surface area (Å²) in [7, 11) is 4.52. The first kappa shape index (κ1) is 15.1. The van der Waals surface area contributed by atoms with Gasteiger partial charge in [-0.2, -0.15) is 0 Å². The van der Waals surface area contributed by atoms with Crippen molar-refractivity contribution >= 4 is 11.7 Å². The van der Waals surface area contributed by atoms with Crippen LogP contribution < -0.4 is 15.2 Å². The molecule has 0 fully saturated rings. The van der Waals surface area contributed by atoms with Crippen molar-refractivity contribution in [3.63, 3.8) is 0 Å². The van der Waals surface area contributed by atoms with Crippen molar-refractivity contribution in [2.24, 2.45) is 0 Å². The molecule has 0 saturated carbocycles. The van der Waals surface area contributed by atoms with E-state index in [-0.39, 0.29) is 24.0 Å². The van der Waals surface area contributed by atoms with Crippen LogP contribution in [-0.2, 0) is 9.47 Å². The zero-order chi connectivity index (χ0) is 14.4. The van der Waals surface area contributed by atoms with Crippen LogP contribution in [0, 0.1) is 0 Å². The second-order valence-electron chi connectivity index (χ2n) is 3.94. The van der Waals surface area contributed by atoms with Gasteiger partial charge in [-0.15, -0.1) is 0 Å². The Bertz CT molecular complexity index is 447. The third-order valence-electron chi connectivity index (χ3n) is 2.63. The molecular formula is C13H19NO5. The highest BCUT2D eigenvalue weighted by atomic mass is 16.6. The van der Waals surface area contributed by atoms with Crippen LogP contribution in [-0.4, -0.2) is 40.0 Å². The first-order valence-electron chi connectivity index (χ1n) is 5.74. The number of nitrogens with two attached hydrogens (primary N) is 1. The fourth-order valence-corrected chi connectivity index (χ4v) is 1.41. The van der Waals surface area contributed by atoms with E-state index in [0.717, 1.165) is 0 Å². The van der Waals surface area contributed by atoms with Crippen molar-refractivity contribution in [2.75, 3.05) is 33.7 Å². The lowest BCUT2D eigenvalue weighted by Crippen LogP contribution is -2.18. The van der Waals surface area contributed by atoms with Crippen molar-refractivity contribution in [3.05, 3.63) is 17.7 Å². The number of esters is 1. The fourth-order valence-electron chi connectivity index (χ4n) is 1.41. The van der Waals surface area contributed by atoms with Gasteiger partial charge in [0.15, 0.2) is 11.5 Å². The summed E-state index contributed by atoms with van der Waals surface area (Å²) in [6, 6.07) is 3.02. The topological polar surface area (TPSA) is 80.0 Å². The van der Waals surface area contributed by atoms with E-state index in [4.69, 9.17) is 24.7 Å². The summed E-state index contributed by atoms with van der Waals surface area (Å²) < 4.78 is 20.3. The van der Waals surface area contributed by atoms with Gasteiger partial charge in [0.25, 0.3) is 0 Å². The van der Waals surface area contributed by atoms with Crippen LogP contribution in [0.2, 0.25) is 0 Å². The van der Waals surface area contributed by atoms with Gasteiger partial charge in [0.2, 0.25) is 0 Å². The van der Waals surface area contributed by atoms with Crippen LogP contribution in [0.1, 0.15) is 17.3 Å². The Morgan fingerprint density at radius 1 is 1.21 bits per heavy atom. The summed E-state index contributed by atoms with van der Waals surface area (Å²) >= 11 is 0. The second-order valence-corrected chi connectivity index (χ2v) is 3.94. The molecule has 6 nitrogen and oxygen atoms in total. The average Bonchev–Trinajstić information content (AvgIpc) is 2.43. The normalized spacial score (nSPS) is 11.8. The standard InChI is InChI=1S/C13H19NO5/c1-8(16-2)7-19-13(15)9-5-11(17-3)12(18-4)6-10(9)14/h5-6,8H,7,14H2,1-4H3. The van der Waals surface area contributed by atoms with E-state index in [1.54, 1.807) is 14.0 Å². The SMILES string of the molecule is COc1cc(N)c(C(=O)OCC(C)OC)cc1OC. The Hall–Kier alpha value is -1.95. The van der Waals surface area contributed by atoms with Crippen LogP contribution in [0.25, 0.3) is 0 Å². The Morgan fingerprint density at radius 2 is 1.79 bits per heavy atom. The number of nitrogen functional groups attached to an aromatic ring is 1. The first-order valence-corrected chi connectivity index (χ1v) is 5.74. The minimum atomic E-state index is -0.526. The van der Waals surface area contributed by atoms with E-state index in [2.05, 4.69) is 0 Å². The number of rotatable bonds is 6. The van der Waals surface area contributed by atoms with Gasteiger partial charge < -0.3 is 24.7 Å². The fraction of sp³-hybridized carbons (Fsp3) is 0.462. The van der Waals surface area contributed by atoms with Crippen LogP contribution in [0.15, 0.2) is 12.1 Å². The number of anilines is 1. The Labute approximate surface area is 112 Å². The van der Waals surface area contributed by atoms with E-state index in [0.29, 0.717) is 11.5 Å². The number of carbonyl (C=O) groups is 1. The highest BCUT2D eigenvalue weighted by Gasteiger charge is 2.17. The average molecular weight is 269 g/mol. The van der Waals surface area contributed by atoms with Gasteiger partial charge in [0, 0.05) is 19.2 Å². The Balaban J connectivity index is 2.90. The lowest BCUT2D eigenvalue weighted by atomic mass is 10.1. The quantitative estimate of drug-likeness (QED) is 0.622. The summed E-state index contributed by atoms with van der Waals surface area (Å²) in [4.78, 5) is 11.9. The molecule has 0 spiro atoms. The number of benzene rings is 1. The molecule has 0 aromatic heterocycles. The summed E-state index contributed by atoms with van der Waals surface area (Å²) in [6.45, 7) is 1.95. The van der Waals surface area contributed by atoms with Gasteiger partial charge in [-0.05, 0) is 6.92 Å². The van der Waals surface area contributed by atoms with Crippen molar-refractivity contribution < 1.29 is 23.7 Å². The molecule has 6 heteroatoms. The molecule has 106 valence electrons. The van der Waals surface area contributed by atoms with Gasteiger partial charge in [-0.1, -0.05) is 0 Å². The lowest BCUT2D eigenvalue weighted by molar-refractivity contribution is 0.0170. The lowest BCUT2D eigenvalue weighted by Gasteiger charge is -2.13. The van der Waals surface area contributed by atoms with Gasteiger partial charge in [-0.25, -0.2) is 4.79 Å². The van der Waals surface area contributed by atoms with Crippen molar-refractivity contribution in [1.29, 1.82) is 0 Å². The molecule has 0 radical (unpaired) electrons. The van der Waals surface area contributed by atoms with Crippen LogP contribution >= 0.6 is 0 Å². The van der Waals surface area contributed by atoms with Crippen LogP contribution in [0.4, 0.5) is 5.69 Å². The molecule has 1 atom stereocenters. The van der Waals surface area contributed by atoms with Crippen LogP contribution in [0.3, 0.4) is 0 Å². The molecule has 0 aliphatic heterocycles. The zero-order valence-corrected chi connectivity index (χ0v) is 11.6. The van der Waals surface area contributed by atoms with Gasteiger partial charge in [-0.3, -0.25) is 0 Å². The molecule has 19 heavy (non-hydrogen) atoms. The zero-order valence-electron chi connectivity index (χ0n) is 11.6. The van der Waals surface area contributed by atoms with Crippen LogP contribution in [0.5, 0.6) is 11.5 Å². The highest BCUT2D eigenvalue weighted by Crippen LogP contribution is 2.32. The molecule has 0 aliphatic carbocycles. The molecule has 1 aromatic rings. The maximum absolute atomic E-state index is 11.9. The van der Waals surface area contributed by atoms with E-state index in [9.17, 15) is 4.79 Å². The largest absolute Gasteiger partial charge is 0.493 e. The predicted octanol–water partition coefficient (Wildman–Crippen LogP) is 1.48. The third-order valence-corrected chi connectivity index (χ3v) is 2.63. The third kappa shape index (κ3) is 3.75. The van der Waals surface area contributed by atoms with E-state index < -0.39 is 5.97 Å². The molecule has 0 aliphatic rings. The maximum Gasteiger partial charge on any atom is 0.340 e. The van der Waals surface area contributed by atoms with Gasteiger partial charge in [0.1, 0.15) is 6.61 Å². The summed E-state index contributed by atoms with van der Waals surface area (Å²) in [5.41, 5.74) is 6.30. The summed E-state index contributed by atoms with van der Waals surface area (Å²) in [5, 5.41) is 0. The molecular weight excluding hydrogens is 250 g/mol. The number of carbonyl (C=O) groups excluding carboxylic acids is 1. The Kier molecular flexibility index (Phi) is 5.44. The molecule has 1 aromatic carbocycles. The molecule has 1 unspecified atom stereocenters.